The minimum atomic E-state index is -0.935. The molecule has 0 spiro atoms. The number of esters is 1. The number of carbonyl (C=O) groups excluding carboxylic acids is 1. The van der Waals surface area contributed by atoms with Gasteiger partial charge in [-0.15, -0.1) is 0 Å². The second kappa shape index (κ2) is 6.27. The summed E-state index contributed by atoms with van der Waals surface area (Å²) in [5, 5.41) is 10.0. The average molecular weight is 350 g/mol. The first kappa shape index (κ1) is 16.8. The largest absolute Gasteiger partial charge is 0.481 e. The highest BCUT2D eigenvalue weighted by Crippen LogP contribution is 2.58. The van der Waals surface area contributed by atoms with E-state index in [4.69, 9.17) is 4.74 Å². The Labute approximate surface area is 152 Å². The predicted molar refractivity (Wildman–Crippen MR) is 97.0 cm³/mol. The predicted octanol–water partition coefficient (Wildman–Crippen LogP) is 3.79. The highest BCUT2D eigenvalue weighted by atomic mass is 16.5. The zero-order valence-corrected chi connectivity index (χ0v) is 14.9. The Morgan fingerprint density at radius 1 is 0.885 bits per heavy atom. The minimum Gasteiger partial charge on any atom is -0.481 e. The molecule has 3 aliphatic carbocycles. The van der Waals surface area contributed by atoms with Gasteiger partial charge in [-0.25, -0.2) is 0 Å². The van der Waals surface area contributed by atoms with Crippen molar-refractivity contribution >= 4 is 11.9 Å². The molecule has 4 nitrogen and oxygen atoms in total. The molecule has 0 radical (unpaired) electrons. The summed E-state index contributed by atoms with van der Waals surface area (Å²) in [4.78, 5) is 25.2. The molecule has 0 saturated heterocycles. The summed E-state index contributed by atoms with van der Waals surface area (Å²) < 4.78 is 5.50. The Morgan fingerprint density at radius 3 is 1.69 bits per heavy atom. The van der Waals surface area contributed by atoms with Gasteiger partial charge in [0.15, 0.2) is 0 Å². The Hall–Kier alpha value is -2.62. The van der Waals surface area contributed by atoms with Crippen LogP contribution in [0.25, 0.3) is 0 Å². The second-order valence-corrected chi connectivity index (χ2v) is 7.63. The first-order valence-electron chi connectivity index (χ1n) is 9.07. The summed E-state index contributed by atoms with van der Waals surface area (Å²) in [6.07, 6.45) is 0. The van der Waals surface area contributed by atoms with Gasteiger partial charge in [0.2, 0.25) is 0 Å². The maximum absolute atomic E-state index is 12.9. The van der Waals surface area contributed by atoms with E-state index in [1.54, 1.807) is 0 Å². The number of hydrogen-bond donors (Lipinski definition) is 1. The quantitative estimate of drug-likeness (QED) is 0.852. The summed E-state index contributed by atoms with van der Waals surface area (Å²) >= 11 is 0. The van der Waals surface area contributed by atoms with E-state index in [1.807, 2.05) is 62.4 Å². The van der Waals surface area contributed by atoms with Gasteiger partial charge in [0.25, 0.3) is 0 Å². The van der Waals surface area contributed by atoms with Crippen molar-refractivity contribution in [3.63, 3.8) is 0 Å². The summed E-state index contributed by atoms with van der Waals surface area (Å²) in [6, 6.07) is 15.8. The van der Waals surface area contributed by atoms with Gasteiger partial charge in [-0.1, -0.05) is 62.4 Å². The van der Waals surface area contributed by atoms with E-state index in [-0.39, 0.29) is 17.8 Å². The molecule has 2 aromatic rings. The van der Waals surface area contributed by atoms with Crippen LogP contribution in [0.3, 0.4) is 0 Å². The molecule has 3 aliphatic rings. The number of ether oxygens (including phenoxy) is 1. The van der Waals surface area contributed by atoms with E-state index in [0.29, 0.717) is 6.61 Å². The smallest absolute Gasteiger partial charge is 0.310 e. The lowest BCUT2D eigenvalue weighted by Crippen LogP contribution is -2.47. The van der Waals surface area contributed by atoms with Gasteiger partial charge in [-0.3, -0.25) is 9.59 Å². The van der Waals surface area contributed by atoms with Gasteiger partial charge in [0, 0.05) is 11.8 Å². The lowest BCUT2D eigenvalue weighted by Gasteiger charge is -2.47. The second-order valence-electron chi connectivity index (χ2n) is 7.63. The summed E-state index contributed by atoms with van der Waals surface area (Å²) in [7, 11) is 0. The number of carbonyl (C=O) groups is 2. The fourth-order valence-corrected chi connectivity index (χ4v) is 4.60. The molecule has 134 valence electrons. The van der Waals surface area contributed by atoms with Crippen LogP contribution in [0, 0.1) is 17.8 Å². The normalized spacial score (nSPS) is 25.5. The maximum atomic E-state index is 12.9. The topological polar surface area (TPSA) is 63.6 Å². The van der Waals surface area contributed by atoms with Gasteiger partial charge in [-0.2, -0.15) is 0 Å². The van der Waals surface area contributed by atoms with Crippen molar-refractivity contribution in [3.05, 3.63) is 70.8 Å². The summed E-state index contributed by atoms with van der Waals surface area (Å²) in [6.45, 7) is 4.25. The number of fused-ring (bicyclic) bond motifs is 1. The fourth-order valence-electron chi connectivity index (χ4n) is 4.60. The highest BCUT2D eigenvalue weighted by molar-refractivity contribution is 5.87. The van der Waals surface area contributed by atoms with Crippen molar-refractivity contribution in [2.24, 2.45) is 17.8 Å². The van der Waals surface area contributed by atoms with E-state index in [0.717, 1.165) is 22.3 Å². The van der Waals surface area contributed by atoms with Crippen LogP contribution in [0.15, 0.2) is 48.5 Å². The van der Waals surface area contributed by atoms with Crippen LogP contribution in [0.2, 0.25) is 0 Å². The van der Waals surface area contributed by atoms with Crippen molar-refractivity contribution in [2.75, 3.05) is 6.61 Å². The number of carboxylic acids is 1. The van der Waals surface area contributed by atoms with Gasteiger partial charge in [-0.05, 0) is 28.2 Å². The standard InChI is InChI=1S/C22H22O4/c1-12(2)11-26-22(25)20-18-15-9-5-3-7-13(15)17(19(20)21(23)24)14-8-4-6-10-16(14)18/h3-10,12,17-20H,11H2,1-2H3,(H,23,24)/t17?,18?,19-,20+/m0/s1. The van der Waals surface area contributed by atoms with E-state index >= 15 is 0 Å². The third kappa shape index (κ3) is 2.44. The van der Waals surface area contributed by atoms with E-state index in [9.17, 15) is 14.7 Å². The molecule has 0 unspecified atom stereocenters. The molecule has 0 heterocycles. The van der Waals surface area contributed by atoms with Crippen LogP contribution < -0.4 is 0 Å². The van der Waals surface area contributed by atoms with Gasteiger partial charge < -0.3 is 9.84 Å². The monoisotopic (exact) mass is 350 g/mol. The molecule has 0 amide bonds. The zero-order valence-electron chi connectivity index (χ0n) is 14.9. The number of rotatable bonds is 4. The Bertz CT molecular complexity index is 822. The van der Waals surface area contributed by atoms with Gasteiger partial charge in [0.05, 0.1) is 18.4 Å². The number of benzene rings is 2. The van der Waals surface area contributed by atoms with Gasteiger partial charge >= 0.3 is 11.9 Å². The van der Waals surface area contributed by atoms with Crippen molar-refractivity contribution < 1.29 is 19.4 Å². The third-order valence-corrected chi connectivity index (χ3v) is 5.55. The molecule has 2 atom stereocenters. The van der Waals surface area contributed by atoms with Crippen molar-refractivity contribution in [1.29, 1.82) is 0 Å². The molecule has 2 aromatic carbocycles. The summed E-state index contributed by atoms with van der Waals surface area (Å²) in [5.41, 5.74) is 4.16. The Balaban J connectivity index is 1.88. The van der Waals surface area contributed by atoms with Gasteiger partial charge in [0.1, 0.15) is 0 Å². The van der Waals surface area contributed by atoms with E-state index < -0.39 is 23.8 Å². The number of hydrogen-bond acceptors (Lipinski definition) is 3. The van der Waals surface area contributed by atoms with Crippen LogP contribution in [0.4, 0.5) is 0 Å². The minimum absolute atomic E-state index is 0.211. The number of carboxylic acid groups (broad SMARTS) is 1. The molecule has 0 aliphatic heterocycles. The molecular weight excluding hydrogens is 328 g/mol. The van der Waals surface area contributed by atoms with Crippen LogP contribution >= 0.6 is 0 Å². The first-order valence-corrected chi connectivity index (χ1v) is 9.07. The molecule has 4 heteroatoms. The number of aliphatic carboxylic acids is 1. The van der Waals surface area contributed by atoms with Crippen molar-refractivity contribution in [3.8, 4) is 0 Å². The lowest BCUT2D eigenvalue weighted by molar-refractivity contribution is -0.161. The van der Waals surface area contributed by atoms with E-state index in [1.165, 1.54) is 0 Å². The SMILES string of the molecule is CC(C)COC(=O)[C@@H]1C2c3ccccc3C(c3ccccc32)[C@@H]1C(=O)O. The maximum Gasteiger partial charge on any atom is 0.310 e. The Morgan fingerprint density at radius 2 is 1.31 bits per heavy atom. The average Bonchev–Trinajstić information content (AvgIpc) is 2.65. The van der Waals surface area contributed by atoms with Crippen molar-refractivity contribution in [2.45, 2.75) is 25.7 Å². The fraction of sp³-hybridized carbons (Fsp3) is 0.364. The first-order chi connectivity index (χ1) is 12.5. The highest BCUT2D eigenvalue weighted by Gasteiger charge is 2.55. The molecule has 0 aromatic heterocycles. The van der Waals surface area contributed by atoms with Crippen LogP contribution in [-0.2, 0) is 14.3 Å². The summed E-state index contributed by atoms with van der Waals surface area (Å²) in [5.74, 6) is -3.21. The van der Waals surface area contributed by atoms with Crippen LogP contribution in [0.1, 0.15) is 47.9 Å². The molecule has 26 heavy (non-hydrogen) atoms. The molecule has 0 saturated carbocycles. The zero-order chi connectivity index (χ0) is 18.4. The van der Waals surface area contributed by atoms with Crippen LogP contribution in [0.5, 0.6) is 0 Å². The van der Waals surface area contributed by atoms with Crippen LogP contribution in [-0.4, -0.2) is 23.7 Å². The molecule has 0 fully saturated rings. The Kier molecular flexibility index (Phi) is 4.06. The third-order valence-electron chi connectivity index (χ3n) is 5.55. The molecule has 2 bridgehead atoms. The molecular formula is C22H22O4. The molecule has 1 N–H and O–H groups in total. The lowest BCUT2D eigenvalue weighted by atomic mass is 9.54. The molecule has 5 rings (SSSR count). The van der Waals surface area contributed by atoms with E-state index in [2.05, 4.69) is 0 Å². The van der Waals surface area contributed by atoms with Crippen molar-refractivity contribution in [1.82, 2.24) is 0 Å².